The van der Waals surface area contributed by atoms with Crippen molar-refractivity contribution in [1.82, 2.24) is 5.32 Å². The molecule has 0 spiro atoms. The topological polar surface area (TPSA) is 58.2 Å². The van der Waals surface area contributed by atoms with Crippen LogP contribution in [0.3, 0.4) is 0 Å². The number of ketones is 1. The molecule has 2 aromatic carbocycles. The van der Waals surface area contributed by atoms with Gasteiger partial charge in [0.05, 0.1) is 5.69 Å². The van der Waals surface area contributed by atoms with E-state index in [0.29, 0.717) is 29.7 Å². The van der Waals surface area contributed by atoms with Crippen molar-refractivity contribution in [1.29, 1.82) is 0 Å². The van der Waals surface area contributed by atoms with Crippen LogP contribution < -0.4 is 10.6 Å². The van der Waals surface area contributed by atoms with E-state index in [9.17, 15) is 18.4 Å². The maximum Gasteiger partial charge on any atom is 0.254 e. The predicted octanol–water partition coefficient (Wildman–Crippen LogP) is 5.21. The molecule has 4 nitrogen and oxygen atoms in total. The molecule has 1 atom stereocenters. The van der Waals surface area contributed by atoms with Gasteiger partial charge in [-0.05, 0) is 36.5 Å². The Labute approximate surface area is 180 Å². The lowest BCUT2D eigenvalue weighted by Gasteiger charge is -2.39. The Bertz CT molecular complexity index is 1130. The number of hydrogen-bond donors (Lipinski definition) is 2. The minimum Gasteiger partial charge on any atom is -0.362 e. The maximum absolute atomic E-state index is 14.2. The average Bonchev–Trinajstić information content (AvgIpc) is 2.68. The van der Waals surface area contributed by atoms with Crippen LogP contribution in [0.15, 0.2) is 71.1 Å². The van der Waals surface area contributed by atoms with Crippen LogP contribution in [-0.4, -0.2) is 11.7 Å². The molecule has 6 heteroatoms. The molecule has 1 heterocycles. The minimum atomic E-state index is -0.859. The number of Topliss-reactive ketones (excluding diaryl/α,β-unsaturated/α-hetero) is 1. The number of anilines is 1. The van der Waals surface area contributed by atoms with Crippen LogP contribution in [0.25, 0.3) is 0 Å². The van der Waals surface area contributed by atoms with Crippen molar-refractivity contribution in [2.75, 3.05) is 5.32 Å². The highest BCUT2D eigenvalue weighted by molar-refractivity contribution is 6.10. The molecule has 2 aromatic rings. The fourth-order valence-electron chi connectivity index (χ4n) is 4.50. The zero-order chi connectivity index (χ0) is 22.3. The van der Waals surface area contributed by atoms with Crippen molar-refractivity contribution in [3.8, 4) is 0 Å². The zero-order valence-corrected chi connectivity index (χ0v) is 17.7. The van der Waals surface area contributed by atoms with Crippen molar-refractivity contribution in [2.45, 2.75) is 39.5 Å². The number of hydrogen-bond acceptors (Lipinski definition) is 3. The third-order valence-corrected chi connectivity index (χ3v) is 5.80. The molecule has 2 aliphatic rings. The highest BCUT2D eigenvalue weighted by Gasteiger charge is 2.42. The van der Waals surface area contributed by atoms with E-state index >= 15 is 0 Å². The molecule has 0 saturated carbocycles. The van der Waals surface area contributed by atoms with E-state index in [-0.39, 0.29) is 16.9 Å². The highest BCUT2D eigenvalue weighted by atomic mass is 19.1. The predicted molar refractivity (Wildman–Crippen MR) is 115 cm³/mol. The summed E-state index contributed by atoms with van der Waals surface area (Å²) in [5.41, 5.74) is 2.89. The number of carbonyl (C=O) groups excluding carboxylic acids is 2. The van der Waals surface area contributed by atoms with Crippen LogP contribution in [0.4, 0.5) is 14.5 Å². The normalized spacial score (nSPS) is 20.3. The van der Waals surface area contributed by atoms with E-state index in [1.54, 1.807) is 6.92 Å². The summed E-state index contributed by atoms with van der Waals surface area (Å²) in [4.78, 5) is 26.5. The van der Waals surface area contributed by atoms with E-state index in [1.165, 1.54) is 6.07 Å². The first-order valence-electron chi connectivity index (χ1n) is 10.2. The second-order valence-corrected chi connectivity index (χ2v) is 8.92. The molecule has 0 aromatic heterocycles. The highest BCUT2D eigenvalue weighted by Crippen LogP contribution is 2.46. The molecule has 1 amide bonds. The van der Waals surface area contributed by atoms with Crippen LogP contribution in [0.1, 0.15) is 45.1 Å². The van der Waals surface area contributed by atoms with Crippen LogP contribution >= 0.6 is 0 Å². The molecule has 0 saturated heterocycles. The van der Waals surface area contributed by atoms with Crippen LogP contribution in [0.5, 0.6) is 0 Å². The van der Waals surface area contributed by atoms with Gasteiger partial charge in [-0.15, -0.1) is 0 Å². The van der Waals surface area contributed by atoms with Gasteiger partial charge in [0.1, 0.15) is 11.6 Å². The number of rotatable bonds is 3. The van der Waals surface area contributed by atoms with Gasteiger partial charge in [-0.2, -0.15) is 0 Å². The molecule has 1 unspecified atom stereocenters. The number of benzene rings is 2. The number of carbonyl (C=O) groups is 2. The Balaban J connectivity index is 1.79. The smallest absolute Gasteiger partial charge is 0.254 e. The third-order valence-electron chi connectivity index (χ3n) is 5.80. The summed E-state index contributed by atoms with van der Waals surface area (Å²) < 4.78 is 27.4. The van der Waals surface area contributed by atoms with Gasteiger partial charge < -0.3 is 10.6 Å². The summed E-state index contributed by atoms with van der Waals surface area (Å²) in [6.45, 7) is 5.88. The molecule has 4 rings (SSSR count). The summed E-state index contributed by atoms with van der Waals surface area (Å²) in [7, 11) is 0. The molecule has 31 heavy (non-hydrogen) atoms. The van der Waals surface area contributed by atoms with Gasteiger partial charge in [-0.3, -0.25) is 9.59 Å². The van der Waals surface area contributed by atoms with Gasteiger partial charge in [0, 0.05) is 40.9 Å². The third kappa shape index (κ3) is 4.02. The monoisotopic (exact) mass is 422 g/mol. The molecule has 160 valence electrons. The summed E-state index contributed by atoms with van der Waals surface area (Å²) in [5.74, 6) is -2.68. The molecule has 0 fully saturated rings. The maximum atomic E-state index is 14.2. The molecule has 2 N–H and O–H groups in total. The number of nitrogens with one attached hydrogen (secondary N) is 2. The SMILES string of the molecule is CC1=C(C(=O)Nc2ccc(F)cc2F)C(c2ccccc2)C2=C(CC(C)(C)CC2=O)N1. The lowest BCUT2D eigenvalue weighted by Crippen LogP contribution is -2.39. The van der Waals surface area contributed by atoms with Crippen molar-refractivity contribution in [2.24, 2.45) is 5.41 Å². The first-order valence-corrected chi connectivity index (χ1v) is 10.2. The van der Waals surface area contributed by atoms with Gasteiger partial charge >= 0.3 is 0 Å². The standard InChI is InChI=1S/C25H24F2N2O2/c1-14-21(24(31)29-18-10-9-16(26)11-17(18)27)22(15-7-5-4-6-8-15)23-19(28-14)12-25(2,3)13-20(23)30/h4-11,22,28H,12-13H2,1-3H3,(H,29,31). The van der Waals surface area contributed by atoms with Crippen molar-refractivity contribution < 1.29 is 18.4 Å². The lowest BCUT2D eigenvalue weighted by atomic mass is 9.68. The molecule has 0 bridgehead atoms. The second-order valence-electron chi connectivity index (χ2n) is 8.92. The Hall–Kier alpha value is -3.28. The molecule has 1 aliphatic heterocycles. The van der Waals surface area contributed by atoms with E-state index in [4.69, 9.17) is 0 Å². The van der Waals surface area contributed by atoms with Gasteiger partial charge in [0.15, 0.2) is 5.78 Å². The van der Waals surface area contributed by atoms with E-state index in [1.807, 2.05) is 44.2 Å². The lowest BCUT2D eigenvalue weighted by molar-refractivity contribution is -0.118. The Morgan fingerprint density at radius 1 is 1.10 bits per heavy atom. The molecule has 0 radical (unpaired) electrons. The van der Waals surface area contributed by atoms with Gasteiger partial charge in [0.25, 0.3) is 5.91 Å². The number of allylic oxidation sites excluding steroid dienone is 3. The Morgan fingerprint density at radius 3 is 2.48 bits per heavy atom. The Morgan fingerprint density at radius 2 is 1.81 bits per heavy atom. The fourth-order valence-corrected chi connectivity index (χ4v) is 4.50. The minimum absolute atomic E-state index is 0.00151. The zero-order valence-electron chi connectivity index (χ0n) is 17.7. The number of halogens is 2. The summed E-state index contributed by atoms with van der Waals surface area (Å²) >= 11 is 0. The quantitative estimate of drug-likeness (QED) is 0.714. The van der Waals surface area contributed by atoms with Crippen molar-refractivity contribution in [3.05, 3.63) is 88.3 Å². The number of dihydropyridines is 1. The van der Waals surface area contributed by atoms with Crippen LogP contribution in [0.2, 0.25) is 0 Å². The van der Waals surface area contributed by atoms with Crippen molar-refractivity contribution >= 4 is 17.4 Å². The summed E-state index contributed by atoms with van der Waals surface area (Å²) in [5, 5.41) is 5.82. The number of amides is 1. The van der Waals surface area contributed by atoms with Crippen LogP contribution in [-0.2, 0) is 9.59 Å². The average molecular weight is 422 g/mol. The van der Waals surface area contributed by atoms with E-state index < -0.39 is 23.5 Å². The van der Waals surface area contributed by atoms with E-state index in [2.05, 4.69) is 10.6 Å². The summed E-state index contributed by atoms with van der Waals surface area (Å²) in [6.07, 6.45) is 1.08. The molecular formula is C25H24F2N2O2. The summed E-state index contributed by atoms with van der Waals surface area (Å²) in [6, 6.07) is 12.3. The first kappa shape index (κ1) is 21.0. The van der Waals surface area contributed by atoms with E-state index in [0.717, 1.165) is 23.4 Å². The van der Waals surface area contributed by atoms with Gasteiger partial charge in [0.2, 0.25) is 0 Å². The first-order chi connectivity index (χ1) is 14.7. The van der Waals surface area contributed by atoms with Crippen molar-refractivity contribution in [3.63, 3.8) is 0 Å². The largest absolute Gasteiger partial charge is 0.362 e. The van der Waals surface area contributed by atoms with Gasteiger partial charge in [-0.1, -0.05) is 44.2 Å². The van der Waals surface area contributed by atoms with Gasteiger partial charge in [-0.25, -0.2) is 8.78 Å². The fraction of sp³-hybridized carbons (Fsp3) is 0.280. The second kappa shape index (κ2) is 7.76. The van der Waals surface area contributed by atoms with Crippen LogP contribution in [0, 0.1) is 17.0 Å². The molecular weight excluding hydrogens is 398 g/mol. The molecule has 1 aliphatic carbocycles. The Kier molecular flexibility index (Phi) is 5.25.